The molecule has 1 N–H and O–H groups in total. The van der Waals surface area contributed by atoms with Crippen LogP contribution in [0.2, 0.25) is 0 Å². The Morgan fingerprint density at radius 1 is 0.885 bits per heavy atom. The van der Waals surface area contributed by atoms with Crippen molar-refractivity contribution in [3.05, 3.63) is 72.3 Å². The topological polar surface area (TPSA) is 83.6 Å². The summed E-state index contributed by atoms with van der Waals surface area (Å²) in [5, 5.41) is 1.62. The van der Waals surface area contributed by atoms with E-state index in [1.54, 1.807) is 47.8 Å². The average Bonchev–Trinajstić information content (AvgIpc) is 2.63. The van der Waals surface area contributed by atoms with Gasteiger partial charge in [-0.15, -0.1) is 7.84 Å². The van der Waals surface area contributed by atoms with Crippen molar-refractivity contribution in [2.75, 3.05) is 6.54 Å². The monoisotopic (exact) mass is 410 g/mol. The molecule has 1 aliphatic rings. The van der Waals surface area contributed by atoms with Gasteiger partial charge in [0.05, 0.1) is 9.79 Å². The molecule has 0 aromatic heterocycles. The van der Waals surface area contributed by atoms with Crippen molar-refractivity contribution in [3.63, 3.8) is 0 Å². The number of nitrogens with one attached hydrogen (secondary N) is 1. The Hall–Kier alpha value is -1.78. The quantitative estimate of drug-likeness (QED) is 0.768. The molecule has 2 aromatic carbocycles. The summed E-state index contributed by atoms with van der Waals surface area (Å²) < 4.78 is 54.9. The fourth-order valence-electron chi connectivity index (χ4n) is 2.32. The fourth-order valence-corrected chi connectivity index (χ4v) is 7.96. The molecule has 1 aliphatic heterocycles. The molecule has 0 amide bonds. The molecule has 0 spiro atoms. The normalized spacial score (nSPS) is 18.8. The SMILES string of the molecule is CC1=CCN(S(=O)(=O)c2ccccc2)S(NS(=O)(=O)c2ccccc2)=C1. The van der Waals surface area contributed by atoms with Crippen LogP contribution in [0.1, 0.15) is 6.92 Å². The lowest BCUT2D eigenvalue weighted by molar-refractivity contribution is 0.554. The number of nitrogens with zero attached hydrogens (tertiary/aromatic N) is 1. The van der Waals surface area contributed by atoms with Gasteiger partial charge in [0.15, 0.2) is 0 Å². The van der Waals surface area contributed by atoms with Gasteiger partial charge >= 0.3 is 0 Å². The molecular weight excluding hydrogens is 392 g/mol. The minimum atomic E-state index is -3.86. The van der Waals surface area contributed by atoms with Crippen LogP contribution in [-0.2, 0) is 20.0 Å². The van der Waals surface area contributed by atoms with Crippen LogP contribution >= 0.6 is 10.9 Å². The highest BCUT2D eigenvalue weighted by Crippen LogP contribution is 2.30. The predicted molar refractivity (Wildman–Crippen MR) is 105 cm³/mol. The second kappa shape index (κ2) is 7.45. The number of hydrogen-bond donors (Lipinski definition) is 1. The van der Waals surface area contributed by atoms with Gasteiger partial charge in [0.25, 0.3) is 10.0 Å². The van der Waals surface area contributed by atoms with Gasteiger partial charge in [-0.25, -0.2) is 16.8 Å². The highest BCUT2D eigenvalue weighted by atomic mass is 32.3. The molecule has 2 aromatic rings. The Morgan fingerprint density at radius 2 is 1.42 bits per heavy atom. The molecule has 1 atom stereocenters. The highest BCUT2D eigenvalue weighted by molar-refractivity contribution is 8.23. The minimum Gasteiger partial charge on any atom is -0.206 e. The molecule has 1 heterocycles. The second-order valence-corrected chi connectivity index (χ2v) is 11.1. The van der Waals surface area contributed by atoms with Crippen LogP contribution in [0.3, 0.4) is 0 Å². The van der Waals surface area contributed by atoms with E-state index in [4.69, 9.17) is 0 Å². The third kappa shape index (κ3) is 3.97. The Morgan fingerprint density at radius 3 is 2.00 bits per heavy atom. The van der Waals surface area contributed by atoms with Crippen LogP contribution in [-0.4, -0.2) is 32.5 Å². The van der Waals surface area contributed by atoms with Crippen LogP contribution in [0.5, 0.6) is 0 Å². The Bertz CT molecular complexity index is 1060. The molecule has 26 heavy (non-hydrogen) atoms. The van der Waals surface area contributed by atoms with Gasteiger partial charge in [-0.05, 0) is 53.0 Å². The molecule has 0 radical (unpaired) electrons. The maximum absolute atomic E-state index is 13.0. The summed E-state index contributed by atoms with van der Waals surface area (Å²) in [6, 6.07) is 15.9. The third-order valence-electron chi connectivity index (χ3n) is 3.64. The first kappa shape index (κ1) is 19.0. The van der Waals surface area contributed by atoms with Gasteiger partial charge in [0.2, 0.25) is 10.0 Å². The first-order chi connectivity index (χ1) is 12.3. The van der Waals surface area contributed by atoms with E-state index in [1.807, 2.05) is 6.92 Å². The third-order valence-corrected chi connectivity index (χ3v) is 9.90. The van der Waals surface area contributed by atoms with Crippen molar-refractivity contribution in [2.24, 2.45) is 0 Å². The maximum Gasteiger partial charge on any atom is 0.253 e. The van der Waals surface area contributed by atoms with E-state index < -0.39 is 30.9 Å². The largest absolute Gasteiger partial charge is 0.253 e. The van der Waals surface area contributed by atoms with Crippen molar-refractivity contribution in [1.29, 1.82) is 0 Å². The smallest absolute Gasteiger partial charge is 0.206 e. The summed E-state index contributed by atoms with van der Waals surface area (Å²) in [5.74, 6) is 0. The standard InChI is InChI=1S/C17H18N2O4S3/c1-15-12-13-19(26(22,23)17-10-6-3-7-11-17)24(14-15)18-25(20,21)16-8-4-2-5-9-16/h2-12,14,18H,13H2,1H3. The van der Waals surface area contributed by atoms with Crippen LogP contribution in [0.4, 0.5) is 0 Å². The Kier molecular flexibility index (Phi) is 5.44. The Labute approximate surface area is 156 Å². The molecule has 3 rings (SSSR count). The zero-order chi connectivity index (χ0) is 18.8. The van der Waals surface area contributed by atoms with Crippen LogP contribution < -0.4 is 4.13 Å². The van der Waals surface area contributed by atoms with Crippen molar-refractivity contribution in [2.45, 2.75) is 16.7 Å². The van der Waals surface area contributed by atoms with Gasteiger partial charge in [-0.2, -0.15) is 0 Å². The second-order valence-electron chi connectivity index (χ2n) is 5.58. The van der Waals surface area contributed by atoms with Gasteiger partial charge in [-0.1, -0.05) is 42.5 Å². The molecule has 138 valence electrons. The maximum atomic E-state index is 13.0. The number of rotatable bonds is 5. The number of hydrogen-bond acceptors (Lipinski definition) is 4. The molecule has 1 unspecified atom stereocenters. The van der Waals surface area contributed by atoms with E-state index in [9.17, 15) is 16.8 Å². The van der Waals surface area contributed by atoms with E-state index in [2.05, 4.69) is 4.13 Å². The minimum absolute atomic E-state index is 0.0881. The summed E-state index contributed by atoms with van der Waals surface area (Å²) >= 11 is 0. The van der Waals surface area contributed by atoms with E-state index in [1.165, 1.54) is 24.3 Å². The van der Waals surface area contributed by atoms with Crippen LogP contribution in [0.15, 0.2) is 82.1 Å². The highest BCUT2D eigenvalue weighted by Gasteiger charge is 2.30. The van der Waals surface area contributed by atoms with Crippen LogP contribution in [0, 0.1) is 0 Å². The molecule has 0 saturated heterocycles. The summed E-state index contributed by atoms with van der Waals surface area (Å²) in [6.07, 6.45) is 1.75. The van der Waals surface area contributed by atoms with Crippen molar-refractivity contribution in [3.8, 4) is 0 Å². The number of sulfonamides is 2. The zero-order valence-corrected chi connectivity index (χ0v) is 16.4. The predicted octanol–water partition coefficient (Wildman–Crippen LogP) is 2.52. The summed E-state index contributed by atoms with van der Waals surface area (Å²) in [4.78, 5) is 0.211. The van der Waals surface area contributed by atoms with E-state index in [0.717, 1.165) is 9.28 Å². The first-order valence-electron chi connectivity index (χ1n) is 7.71. The molecule has 0 saturated carbocycles. The van der Waals surface area contributed by atoms with E-state index in [0.29, 0.717) is 0 Å². The lowest BCUT2D eigenvalue weighted by Gasteiger charge is -2.27. The molecule has 0 fully saturated rings. The molecular formula is C17H18N2O4S3. The molecule has 6 nitrogen and oxygen atoms in total. The molecule has 9 heteroatoms. The summed E-state index contributed by atoms with van der Waals surface area (Å²) in [5.41, 5.74) is 0.823. The van der Waals surface area contributed by atoms with E-state index >= 15 is 0 Å². The number of allylic oxidation sites excluding steroid dienone is 1. The molecule has 0 bridgehead atoms. The number of benzene rings is 2. The summed E-state index contributed by atoms with van der Waals surface area (Å²) in [7, 11) is -9.05. The van der Waals surface area contributed by atoms with Crippen molar-refractivity contribution in [1.82, 2.24) is 7.84 Å². The van der Waals surface area contributed by atoms with Crippen molar-refractivity contribution >= 4 is 36.3 Å². The lowest BCUT2D eigenvalue weighted by atomic mass is 10.3. The molecule has 0 aliphatic carbocycles. The lowest BCUT2D eigenvalue weighted by Crippen LogP contribution is -2.35. The van der Waals surface area contributed by atoms with Gasteiger partial charge in [-0.3, -0.25) is 0 Å². The van der Waals surface area contributed by atoms with Gasteiger partial charge in [0.1, 0.15) is 0 Å². The Balaban J connectivity index is 1.99. The summed E-state index contributed by atoms with van der Waals surface area (Å²) in [6.45, 7) is 1.91. The zero-order valence-electron chi connectivity index (χ0n) is 13.9. The van der Waals surface area contributed by atoms with Crippen LogP contribution in [0.25, 0.3) is 0 Å². The average molecular weight is 411 g/mol. The van der Waals surface area contributed by atoms with Gasteiger partial charge < -0.3 is 0 Å². The van der Waals surface area contributed by atoms with Crippen molar-refractivity contribution < 1.29 is 16.8 Å². The van der Waals surface area contributed by atoms with E-state index in [-0.39, 0.29) is 16.3 Å². The fraction of sp³-hybridized carbons (Fsp3) is 0.118. The van der Waals surface area contributed by atoms with Gasteiger partial charge in [0, 0.05) is 6.54 Å². The first-order valence-corrected chi connectivity index (χ1v) is 11.9.